The van der Waals surface area contributed by atoms with Crippen molar-refractivity contribution in [3.8, 4) is 66.8 Å². The molecule has 1 aliphatic rings. The van der Waals surface area contributed by atoms with Crippen LogP contribution in [0.4, 0.5) is 17.1 Å². The molecule has 0 aromatic heterocycles. The summed E-state index contributed by atoms with van der Waals surface area (Å²) in [7, 11) is 0. The van der Waals surface area contributed by atoms with E-state index >= 15 is 0 Å². The van der Waals surface area contributed by atoms with Crippen molar-refractivity contribution < 1.29 is 0 Å². The van der Waals surface area contributed by atoms with Crippen molar-refractivity contribution in [1.82, 2.24) is 0 Å². The lowest BCUT2D eigenvalue weighted by Gasteiger charge is -2.30. The summed E-state index contributed by atoms with van der Waals surface area (Å²) >= 11 is 0. The molecule has 0 N–H and O–H groups in total. The van der Waals surface area contributed by atoms with Crippen molar-refractivity contribution in [2.24, 2.45) is 0 Å². The van der Waals surface area contributed by atoms with Crippen LogP contribution in [0, 0.1) is 0 Å². The third-order valence-electron chi connectivity index (χ3n) is 13.9. The molecule has 0 saturated carbocycles. The quantitative estimate of drug-likeness (QED) is 0.138. The predicted octanol–water partition coefficient (Wildman–Crippen LogP) is 18.1. The summed E-state index contributed by atoms with van der Waals surface area (Å²) < 4.78 is 0. The minimum Gasteiger partial charge on any atom is -0.310 e. The molecule has 0 unspecified atom stereocenters. The van der Waals surface area contributed by atoms with E-state index in [4.69, 9.17) is 0 Å². The number of hydrogen-bond acceptors (Lipinski definition) is 1. The van der Waals surface area contributed by atoms with Gasteiger partial charge in [0.1, 0.15) is 0 Å². The van der Waals surface area contributed by atoms with Crippen LogP contribution in [0.3, 0.4) is 0 Å². The molecule has 0 bridgehead atoms. The molecule has 0 fully saturated rings. The third kappa shape index (κ3) is 6.63. The standard InChI is InChI=1S/C65H47N/c1-65(2)60-28-14-13-25-59(60)63-56(26-15-29-61(63)65)48-35-40-52(41-36-48)66(51-38-33-44(34-39-51)49-37-42-55-50(43-49)32-31-47-21-9-10-22-53(47)55)62-30-16-27-57(46-19-7-4-8-20-46)64(62)58-24-12-11-23-54(58)45-17-5-3-6-18-45/h3-43H,1-2H3. The van der Waals surface area contributed by atoms with Gasteiger partial charge in [-0.2, -0.15) is 0 Å². The molecule has 0 atom stereocenters. The highest BCUT2D eigenvalue weighted by molar-refractivity contribution is 6.08. The SMILES string of the molecule is CC1(C)c2ccccc2-c2c(-c3ccc(N(c4ccc(-c5ccc6c(ccc7ccccc76)c5)cc4)c4cccc(-c5ccccc5)c4-c4ccccc4-c4ccccc4)cc3)cccc21. The number of nitrogens with zero attached hydrogens (tertiary/aromatic N) is 1. The largest absolute Gasteiger partial charge is 0.310 e. The van der Waals surface area contributed by atoms with Gasteiger partial charge in [0.05, 0.1) is 5.69 Å². The highest BCUT2D eigenvalue weighted by atomic mass is 15.1. The van der Waals surface area contributed by atoms with Gasteiger partial charge in [-0.05, 0) is 130 Å². The lowest BCUT2D eigenvalue weighted by atomic mass is 9.82. The fraction of sp³-hybridized carbons (Fsp3) is 0.0462. The van der Waals surface area contributed by atoms with Crippen molar-refractivity contribution in [2.75, 3.05) is 4.90 Å². The van der Waals surface area contributed by atoms with Crippen molar-refractivity contribution >= 4 is 38.6 Å². The Morgan fingerprint density at radius 2 is 0.773 bits per heavy atom. The first-order valence-electron chi connectivity index (χ1n) is 23.0. The number of hydrogen-bond donors (Lipinski definition) is 0. The highest BCUT2D eigenvalue weighted by Gasteiger charge is 2.36. The van der Waals surface area contributed by atoms with Crippen LogP contribution in [0.15, 0.2) is 249 Å². The molecule has 1 heteroatoms. The van der Waals surface area contributed by atoms with Crippen LogP contribution in [-0.4, -0.2) is 0 Å². The lowest BCUT2D eigenvalue weighted by Crippen LogP contribution is -2.14. The van der Waals surface area contributed by atoms with E-state index < -0.39 is 0 Å². The zero-order valence-electron chi connectivity index (χ0n) is 37.1. The third-order valence-corrected chi connectivity index (χ3v) is 13.9. The maximum Gasteiger partial charge on any atom is 0.0546 e. The van der Waals surface area contributed by atoms with E-state index in [1.807, 2.05) is 0 Å². The molecule has 1 nitrogen and oxygen atoms in total. The molecule has 0 radical (unpaired) electrons. The van der Waals surface area contributed by atoms with Gasteiger partial charge < -0.3 is 4.90 Å². The maximum atomic E-state index is 2.46. The number of rotatable bonds is 8. The molecule has 66 heavy (non-hydrogen) atoms. The van der Waals surface area contributed by atoms with E-state index in [0.29, 0.717) is 0 Å². The Labute approximate surface area is 387 Å². The first kappa shape index (κ1) is 39.3. The molecule has 11 aromatic carbocycles. The Balaban J connectivity index is 1.04. The van der Waals surface area contributed by atoms with Crippen LogP contribution < -0.4 is 4.90 Å². The Morgan fingerprint density at radius 3 is 1.50 bits per heavy atom. The summed E-state index contributed by atoms with van der Waals surface area (Å²) in [6.45, 7) is 4.71. The van der Waals surface area contributed by atoms with Crippen molar-refractivity contribution in [2.45, 2.75) is 19.3 Å². The zero-order valence-corrected chi connectivity index (χ0v) is 37.1. The minimum absolute atomic E-state index is 0.0672. The summed E-state index contributed by atoms with van der Waals surface area (Å²) in [6, 6.07) is 91.4. The summed E-state index contributed by atoms with van der Waals surface area (Å²) in [5, 5.41) is 5.07. The fourth-order valence-corrected chi connectivity index (χ4v) is 10.6. The Morgan fingerprint density at radius 1 is 0.288 bits per heavy atom. The molecule has 0 saturated heterocycles. The van der Waals surface area contributed by atoms with E-state index in [9.17, 15) is 0 Å². The number of anilines is 3. The minimum atomic E-state index is -0.0672. The fourth-order valence-electron chi connectivity index (χ4n) is 10.6. The molecule has 1 aliphatic carbocycles. The van der Waals surface area contributed by atoms with Crippen LogP contribution in [0.1, 0.15) is 25.0 Å². The van der Waals surface area contributed by atoms with Crippen LogP contribution in [0.25, 0.3) is 88.3 Å². The van der Waals surface area contributed by atoms with Gasteiger partial charge in [0.15, 0.2) is 0 Å². The van der Waals surface area contributed by atoms with E-state index in [1.165, 1.54) is 99.4 Å². The second kappa shape index (κ2) is 16.1. The molecule has 312 valence electrons. The second-order valence-electron chi connectivity index (χ2n) is 18.0. The average molecular weight is 842 g/mol. The number of fused-ring (bicyclic) bond motifs is 6. The zero-order chi connectivity index (χ0) is 44.2. The van der Waals surface area contributed by atoms with Gasteiger partial charge in [0.2, 0.25) is 0 Å². The summed E-state index contributed by atoms with van der Waals surface area (Å²) in [6.07, 6.45) is 0. The van der Waals surface area contributed by atoms with Gasteiger partial charge in [0.25, 0.3) is 0 Å². The second-order valence-corrected chi connectivity index (χ2v) is 18.0. The molecule has 12 rings (SSSR count). The van der Waals surface area contributed by atoms with Gasteiger partial charge in [-0.25, -0.2) is 0 Å². The van der Waals surface area contributed by atoms with Crippen LogP contribution in [0.2, 0.25) is 0 Å². The van der Waals surface area contributed by atoms with E-state index in [-0.39, 0.29) is 5.41 Å². The maximum absolute atomic E-state index is 2.46. The van der Waals surface area contributed by atoms with Crippen molar-refractivity contribution in [3.05, 3.63) is 260 Å². The molecule has 11 aromatic rings. The van der Waals surface area contributed by atoms with Crippen molar-refractivity contribution in [1.29, 1.82) is 0 Å². The molecule has 0 spiro atoms. The first-order valence-corrected chi connectivity index (χ1v) is 23.0. The van der Waals surface area contributed by atoms with Crippen LogP contribution in [0.5, 0.6) is 0 Å². The Bertz CT molecular complexity index is 3580. The Hall–Kier alpha value is -8.26. The smallest absolute Gasteiger partial charge is 0.0546 e. The van der Waals surface area contributed by atoms with E-state index in [0.717, 1.165) is 17.1 Å². The molecular formula is C65H47N. The number of benzene rings is 11. The predicted molar refractivity (Wildman–Crippen MR) is 281 cm³/mol. The molecular weight excluding hydrogens is 795 g/mol. The topological polar surface area (TPSA) is 3.24 Å². The average Bonchev–Trinajstić information content (AvgIpc) is 3.63. The highest BCUT2D eigenvalue weighted by Crippen LogP contribution is 2.53. The first-order chi connectivity index (χ1) is 32.5. The van der Waals surface area contributed by atoms with Crippen LogP contribution in [-0.2, 0) is 5.41 Å². The molecule has 0 heterocycles. The molecule has 0 amide bonds. The lowest BCUT2D eigenvalue weighted by molar-refractivity contribution is 0.660. The van der Waals surface area contributed by atoms with Gasteiger partial charge in [-0.15, -0.1) is 0 Å². The van der Waals surface area contributed by atoms with Gasteiger partial charge >= 0.3 is 0 Å². The molecule has 0 aliphatic heterocycles. The van der Waals surface area contributed by atoms with E-state index in [2.05, 4.69) is 267 Å². The normalized spacial score (nSPS) is 12.5. The van der Waals surface area contributed by atoms with Gasteiger partial charge in [-0.3, -0.25) is 0 Å². The summed E-state index contributed by atoms with van der Waals surface area (Å²) in [5.41, 5.74) is 20.6. The summed E-state index contributed by atoms with van der Waals surface area (Å²) in [5.74, 6) is 0. The Kier molecular flexibility index (Phi) is 9.58. The van der Waals surface area contributed by atoms with Crippen LogP contribution >= 0.6 is 0 Å². The summed E-state index contributed by atoms with van der Waals surface area (Å²) in [4.78, 5) is 2.46. The monoisotopic (exact) mass is 841 g/mol. The van der Waals surface area contributed by atoms with Gasteiger partial charge in [-0.1, -0.05) is 226 Å². The van der Waals surface area contributed by atoms with Gasteiger partial charge in [0, 0.05) is 22.4 Å². The van der Waals surface area contributed by atoms with E-state index in [1.54, 1.807) is 0 Å². The van der Waals surface area contributed by atoms with Crippen molar-refractivity contribution in [3.63, 3.8) is 0 Å².